The van der Waals surface area contributed by atoms with E-state index in [0.717, 1.165) is 24.8 Å². The molecule has 126 valence electrons. The minimum atomic E-state index is -0.411. The van der Waals surface area contributed by atoms with E-state index in [4.69, 9.17) is 0 Å². The molecule has 1 heterocycles. The Hall–Kier alpha value is -2.36. The number of amides is 2. The van der Waals surface area contributed by atoms with E-state index in [-0.39, 0.29) is 11.8 Å². The maximum atomic E-state index is 14.4. The van der Waals surface area contributed by atoms with Gasteiger partial charge in [-0.2, -0.15) is 0 Å². The molecule has 1 N–H and O–H groups in total. The summed E-state index contributed by atoms with van der Waals surface area (Å²) in [6.07, 6.45) is 2.36. The first-order chi connectivity index (χ1) is 11.5. The van der Waals surface area contributed by atoms with Crippen molar-refractivity contribution in [1.29, 1.82) is 0 Å². The van der Waals surface area contributed by atoms with Crippen LogP contribution in [0.15, 0.2) is 48.5 Å². The highest BCUT2D eigenvalue weighted by atomic mass is 19.1. The smallest absolute Gasteiger partial charge is 0.322 e. The van der Waals surface area contributed by atoms with Gasteiger partial charge < -0.3 is 5.32 Å². The fourth-order valence-electron chi connectivity index (χ4n) is 3.28. The quantitative estimate of drug-likeness (QED) is 0.895. The van der Waals surface area contributed by atoms with Gasteiger partial charge in [-0.3, -0.25) is 4.90 Å². The molecule has 3 nitrogen and oxygen atoms in total. The molecular formula is C20H23FN2O. The lowest BCUT2D eigenvalue weighted by atomic mass is 9.87. The van der Waals surface area contributed by atoms with Gasteiger partial charge in [0.15, 0.2) is 0 Å². The number of benzene rings is 2. The standard InChI is InChI=1S/C20H23FN2O/c1-20(2)13-11-16-9-6-10-17(21)18(16)23(20)19(24)22-14-12-15-7-4-3-5-8-15/h3-10H,11-14H2,1-2H3,(H,22,24). The molecule has 0 fully saturated rings. The molecule has 0 saturated heterocycles. The number of rotatable bonds is 3. The first kappa shape index (κ1) is 16.5. The van der Waals surface area contributed by atoms with Crippen LogP contribution >= 0.6 is 0 Å². The number of carbonyl (C=O) groups is 1. The van der Waals surface area contributed by atoms with Gasteiger partial charge in [0.2, 0.25) is 0 Å². The molecule has 0 spiro atoms. The van der Waals surface area contributed by atoms with Gasteiger partial charge in [0, 0.05) is 12.1 Å². The summed E-state index contributed by atoms with van der Waals surface area (Å²) >= 11 is 0. The second kappa shape index (κ2) is 6.63. The van der Waals surface area contributed by atoms with Gasteiger partial charge in [0.1, 0.15) is 5.82 Å². The van der Waals surface area contributed by atoms with E-state index in [1.54, 1.807) is 11.0 Å². The molecular weight excluding hydrogens is 303 g/mol. The summed E-state index contributed by atoms with van der Waals surface area (Å²) in [4.78, 5) is 14.4. The lowest BCUT2D eigenvalue weighted by Gasteiger charge is -2.43. The summed E-state index contributed by atoms with van der Waals surface area (Å²) < 4.78 is 14.4. The van der Waals surface area contributed by atoms with Crippen LogP contribution in [-0.4, -0.2) is 18.1 Å². The molecule has 0 unspecified atom stereocenters. The summed E-state index contributed by atoms with van der Waals surface area (Å²) in [6.45, 7) is 4.50. The first-order valence-electron chi connectivity index (χ1n) is 8.38. The van der Waals surface area contributed by atoms with E-state index < -0.39 is 5.54 Å². The Morgan fingerprint density at radius 3 is 2.67 bits per heavy atom. The molecule has 1 aliphatic rings. The van der Waals surface area contributed by atoms with Crippen molar-refractivity contribution in [3.05, 3.63) is 65.5 Å². The second-order valence-corrected chi connectivity index (χ2v) is 6.86. The molecule has 0 atom stereocenters. The average Bonchev–Trinajstić information content (AvgIpc) is 2.56. The van der Waals surface area contributed by atoms with E-state index in [0.29, 0.717) is 12.2 Å². The van der Waals surface area contributed by atoms with Gasteiger partial charge >= 0.3 is 6.03 Å². The fourth-order valence-corrected chi connectivity index (χ4v) is 3.28. The molecule has 3 rings (SSSR count). The molecule has 0 radical (unpaired) electrons. The van der Waals surface area contributed by atoms with Crippen LogP contribution in [0, 0.1) is 5.82 Å². The van der Waals surface area contributed by atoms with Crippen molar-refractivity contribution in [2.24, 2.45) is 0 Å². The van der Waals surface area contributed by atoms with Crippen molar-refractivity contribution in [3.63, 3.8) is 0 Å². The molecule has 1 aliphatic heterocycles. The minimum absolute atomic E-state index is 0.234. The van der Waals surface area contributed by atoms with Crippen LogP contribution < -0.4 is 10.2 Å². The minimum Gasteiger partial charge on any atom is -0.337 e. The van der Waals surface area contributed by atoms with Crippen LogP contribution in [0.1, 0.15) is 31.4 Å². The number of nitrogens with zero attached hydrogens (tertiary/aromatic N) is 1. The highest BCUT2D eigenvalue weighted by Crippen LogP contribution is 2.38. The number of halogens is 1. The zero-order valence-corrected chi connectivity index (χ0v) is 14.2. The largest absolute Gasteiger partial charge is 0.337 e. The maximum Gasteiger partial charge on any atom is 0.322 e. The predicted octanol–water partition coefficient (Wildman–Crippen LogP) is 4.31. The normalized spacial score (nSPS) is 15.7. The van der Waals surface area contributed by atoms with Gasteiger partial charge in [0.25, 0.3) is 0 Å². The fraction of sp³-hybridized carbons (Fsp3) is 0.350. The molecule has 2 aromatic rings. The van der Waals surface area contributed by atoms with E-state index >= 15 is 0 Å². The van der Waals surface area contributed by atoms with E-state index in [1.807, 2.05) is 50.2 Å². The number of aryl methyl sites for hydroxylation is 1. The van der Waals surface area contributed by atoms with Crippen LogP contribution in [0.5, 0.6) is 0 Å². The van der Waals surface area contributed by atoms with Crippen molar-refractivity contribution in [2.45, 2.75) is 38.6 Å². The number of hydrogen-bond acceptors (Lipinski definition) is 1. The molecule has 0 saturated carbocycles. The summed E-state index contributed by atoms with van der Waals surface area (Å²) in [5.74, 6) is -0.335. The zero-order valence-electron chi connectivity index (χ0n) is 14.2. The Morgan fingerprint density at radius 2 is 1.92 bits per heavy atom. The topological polar surface area (TPSA) is 32.3 Å². The molecule has 2 amide bonds. The van der Waals surface area contributed by atoms with Crippen LogP contribution in [-0.2, 0) is 12.8 Å². The SMILES string of the molecule is CC1(C)CCc2cccc(F)c2N1C(=O)NCCc1ccccc1. The van der Waals surface area contributed by atoms with Crippen molar-refractivity contribution in [3.8, 4) is 0 Å². The Kier molecular flexibility index (Phi) is 4.56. The third-order valence-corrected chi connectivity index (χ3v) is 4.64. The summed E-state index contributed by atoms with van der Waals surface area (Å²) in [7, 11) is 0. The van der Waals surface area contributed by atoms with Crippen molar-refractivity contribution >= 4 is 11.7 Å². The lowest BCUT2D eigenvalue weighted by Crippen LogP contribution is -2.55. The number of urea groups is 1. The highest BCUT2D eigenvalue weighted by molar-refractivity contribution is 5.95. The predicted molar refractivity (Wildman–Crippen MR) is 94.8 cm³/mol. The highest BCUT2D eigenvalue weighted by Gasteiger charge is 2.38. The van der Waals surface area contributed by atoms with E-state index in [9.17, 15) is 9.18 Å². The molecule has 24 heavy (non-hydrogen) atoms. The van der Waals surface area contributed by atoms with Gasteiger partial charge in [-0.25, -0.2) is 9.18 Å². The van der Waals surface area contributed by atoms with Crippen molar-refractivity contribution in [1.82, 2.24) is 5.32 Å². The summed E-state index contributed by atoms with van der Waals surface area (Å²) in [6, 6.07) is 14.8. The summed E-state index contributed by atoms with van der Waals surface area (Å²) in [5, 5.41) is 2.94. The number of para-hydroxylation sites is 1. The number of nitrogens with one attached hydrogen (secondary N) is 1. The van der Waals surface area contributed by atoms with Gasteiger partial charge in [-0.1, -0.05) is 42.5 Å². The molecule has 2 aromatic carbocycles. The first-order valence-corrected chi connectivity index (χ1v) is 8.38. The van der Waals surface area contributed by atoms with Gasteiger partial charge in [-0.15, -0.1) is 0 Å². The molecule has 0 aliphatic carbocycles. The Morgan fingerprint density at radius 1 is 1.17 bits per heavy atom. The second-order valence-electron chi connectivity index (χ2n) is 6.86. The maximum absolute atomic E-state index is 14.4. The Labute approximate surface area is 142 Å². The van der Waals surface area contributed by atoms with Crippen LogP contribution in [0.3, 0.4) is 0 Å². The number of carbonyl (C=O) groups excluding carboxylic acids is 1. The van der Waals surface area contributed by atoms with E-state index in [1.165, 1.54) is 11.6 Å². The van der Waals surface area contributed by atoms with Crippen LogP contribution in [0.25, 0.3) is 0 Å². The Balaban J connectivity index is 1.76. The van der Waals surface area contributed by atoms with Gasteiger partial charge in [0.05, 0.1) is 5.69 Å². The lowest BCUT2D eigenvalue weighted by molar-refractivity contribution is 0.237. The molecule has 0 aromatic heterocycles. The van der Waals surface area contributed by atoms with Crippen LogP contribution in [0.2, 0.25) is 0 Å². The van der Waals surface area contributed by atoms with Crippen LogP contribution in [0.4, 0.5) is 14.9 Å². The molecule has 0 bridgehead atoms. The average molecular weight is 326 g/mol. The number of fused-ring (bicyclic) bond motifs is 1. The van der Waals surface area contributed by atoms with Crippen molar-refractivity contribution < 1.29 is 9.18 Å². The van der Waals surface area contributed by atoms with E-state index in [2.05, 4.69) is 5.32 Å². The number of anilines is 1. The zero-order chi connectivity index (χ0) is 17.2. The monoisotopic (exact) mass is 326 g/mol. The van der Waals surface area contributed by atoms with Gasteiger partial charge in [-0.05, 0) is 50.3 Å². The number of hydrogen-bond donors (Lipinski definition) is 1. The summed E-state index contributed by atoms with van der Waals surface area (Å²) in [5.41, 5.74) is 2.08. The Bertz CT molecular complexity index is 728. The third kappa shape index (κ3) is 3.28. The van der Waals surface area contributed by atoms with Crippen molar-refractivity contribution in [2.75, 3.05) is 11.4 Å². The third-order valence-electron chi connectivity index (χ3n) is 4.64. The molecule has 4 heteroatoms.